The van der Waals surface area contributed by atoms with Crippen molar-refractivity contribution in [2.24, 2.45) is 5.92 Å². The fourth-order valence-corrected chi connectivity index (χ4v) is 1.39. The second-order valence-corrected chi connectivity index (χ2v) is 3.27. The van der Waals surface area contributed by atoms with Gasteiger partial charge in [-0.15, -0.1) is 0 Å². The van der Waals surface area contributed by atoms with E-state index in [1.807, 2.05) is 10.9 Å². The third-order valence-corrected chi connectivity index (χ3v) is 2.14. The van der Waals surface area contributed by atoms with E-state index in [0.29, 0.717) is 0 Å². The zero-order chi connectivity index (χ0) is 12.3. The zero-order valence-electron chi connectivity index (χ0n) is 8.43. The zero-order valence-corrected chi connectivity index (χ0v) is 8.43. The number of carbonyl (C=O) groups excluding carboxylic acids is 2. The molecule has 1 rings (SSSR count). The molecule has 1 aliphatic rings. The Morgan fingerprint density at radius 1 is 1.56 bits per heavy atom. The molecule has 0 spiro atoms. The summed E-state index contributed by atoms with van der Waals surface area (Å²) < 4.78 is 42.1. The van der Waals surface area contributed by atoms with Crippen molar-refractivity contribution in [2.45, 2.75) is 25.6 Å². The van der Waals surface area contributed by atoms with Crippen LogP contribution in [-0.4, -0.2) is 30.7 Å². The number of esters is 1. The van der Waals surface area contributed by atoms with Gasteiger partial charge in [0.15, 0.2) is 0 Å². The second-order valence-electron chi connectivity index (χ2n) is 3.27. The van der Waals surface area contributed by atoms with Crippen LogP contribution < -0.4 is 10.9 Å². The molecule has 0 aromatic rings. The molecular weight excluding hydrogens is 229 g/mol. The average Bonchev–Trinajstić information content (AvgIpc) is 2.16. The summed E-state index contributed by atoms with van der Waals surface area (Å²) in [6, 6.07) is -1.59. The van der Waals surface area contributed by atoms with Crippen molar-refractivity contribution >= 4 is 11.9 Å². The Morgan fingerprint density at radius 2 is 2.19 bits per heavy atom. The lowest BCUT2D eigenvalue weighted by Crippen LogP contribution is -2.61. The maximum absolute atomic E-state index is 12.5. The molecule has 0 aromatic carbocycles. The van der Waals surface area contributed by atoms with Gasteiger partial charge in [0, 0.05) is 6.42 Å². The highest BCUT2D eigenvalue weighted by Gasteiger charge is 2.51. The Hall–Kier alpha value is -1.31. The Bertz CT molecular complexity index is 293. The van der Waals surface area contributed by atoms with E-state index >= 15 is 0 Å². The number of alkyl halides is 3. The molecule has 1 amide bonds. The third kappa shape index (κ3) is 2.84. The molecule has 0 aliphatic carbocycles. The van der Waals surface area contributed by atoms with Gasteiger partial charge in [0.25, 0.3) is 0 Å². The molecule has 0 bridgehead atoms. The predicted octanol–water partition coefficient (Wildman–Crippen LogP) is 0.121. The maximum Gasteiger partial charge on any atom is 0.394 e. The van der Waals surface area contributed by atoms with Gasteiger partial charge in [0.05, 0.1) is 12.5 Å². The van der Waals surface area contributed by atoms with Crippen LogP contribution in [0.4, 0.5) is 13.2 Å². The van der Waals surface area contributed by atoms with E-state index in [4.69, 9.17) is 0 Å². The summed E-state index contributed by atoms with van der Waals surface area (Å²) in [5, 5.41) is 0. The van der Waals surface area contributed by atoms with Crippen molar-refractivity contribution < 1.29 is 27.5 Å². The first-order valence-corrected chi connectivity index (χ1v) is 4.64. The molecule has 1 heterocycles. The highest BCUT2D eigenvalue weighted by atomic mass is 19.4. The lowest BCUT2D eigenvalue weighted by molar-refractivity contribution is -0.199. The average molecular weight is 240 g/mol. The van der Waals surface area contributed by atoms with Crippen molar-refractivity contribution in [3.63, 3.8) is 0 Å². The molecular formula is C8H11F3N2O3. The molecule has 1 fully saturated rings. The van der Waals surface area contributed by atoms with E-state index < -0.39 is 36.4 Å². The number of halogens is 3. The molecule has 2 unspecified atom stereocenters. The van der Waals surface area contributed by atoms with Gasteiger partial charge in [0.1, 0.15) is 6.04 Å². The number of hydrazine groups is 1. The number of rotatable bonds is 2. The molecule has 1 saturated heterocycles. The first kappa shape index (κ1) is 12.8. The van der Waals surface area contributed by atoms with Crippen LogP contribution in [0.1, 0.15) is 13.3 Å². The van der Waals surface area contributed by atoms with E-state index in [9.17, 15) is 22.8 Å². The lowest BCUT2D eigenvalue weighted by Gasteiger charge is -2.31. The van der Waals surface area contributed by atoms with Gasteiger partial charge in [0.2, 0.25) is 5.91 Å². The highest BCUT2D eigenvalue weighted by Crippen LogP contribution is 2.33. The van der Waals surface area contributed by atoms with Crippen molar-refractivity contribution in [1.29, 1.82) is 0 Å². The van der Waals surface area contributed by atoms with Crippen molar-refractivity contribution in [1.82, 2.24) is 10.9 Å². The first-order valence-electron chi connectivity index (χ1n) is 4.64. The molecule has 92 valence electrons. The van der Waals surface area contributed by atoms with Gasteiger partial charge in [-0.3, -0.25) is 15.0 Å². The minimum Gasteiger partial charge on any atom is -0.465 e. The van der Waals surface area contributed by atoms with Crippen LogP contribution >= 0.6 is 0 Å². The van der Waals surface area contributed by atoms with Crippen LogP contribution in [0.2, 0.25) is 0 Å². The maximum atomic E-state index is 12.5. The topological polar surface area (TPSA) is 67.4 Å². The summed E-state index contributed by atoms with van der Waals surface area (Å²) in [6.45, 7) is 1.47. The molecule has 0 radical (unpaired) electrons. The van der Waals surface area contributed by atoms with E-state index in [1.165, 1.54) is 6.92 Å². The Morgan fingerprint density at radius 3 is 2.69 bits per heavy atom. The van der Waals surface area contributed by atoms with E-state index in [-0.39, 0.29) is 6.61 Å². The number of amides is 1. The van der Waals surface area contributed by atoms with Crippen LogP contribution in [0.25, 0.3) is 0 Å². The van der Waals surface area contributed by atoms with Crippen molar-refractivity contribution in [2.75, 3.05) is 6.61 Å². The summed E-state index contributed by atoms with van der Waals surface area (Å²) in [7, 11) is 0. The summed E-state index contributed by atoms with van der Waals surface area (Å²) in [4.78, 5) is 22.0. The molecule has 2 atom stereocenters. The van der Waals surface area contributed by atoms with Crippen LogP contribution in [0.3, 0.4) is 0 Å². The van der Waals surface area contributed by atoms with E-state index in [0.717, 1.165) is 0 Å². The Labute approximate surface area is 89.3 Å². The predicted molar refractivity (Wildman–Crippen MR) is 45.9 cm³/mol. The number of hydrogen-bond donors (Lipinski definition) is 2. The minimum absolute atomic E-state index is 0.0183. The van der Waals surface area contributed by atoms with Gasteiger partial charge < -0.3 is 4.74 Å². The summed E-state index contributed by atoms with van der Waals surface area (Å²) in [5.41, 5.74) is 4.00. The van der Waals surface area contributed by atoms with Gasteiger partial charge in [-0.25, -0.2) is 5.43 Å². The SMILES string of the molecule is CCOC(=O)C1NNC(=O)CC1C(F)(F)F. The van der Waals surface area contributed by atoms with Crippen molar-refractivity contribution in [3.05, 3.63) is 0 Å². The molecule has 0 saturated carbocycles. The summed E-state index contributed by atoms with van der Waals surface area (Å²) in [6.07, 6.45) is -5.40. The van der Waals surface area contributed by atoms with Crippen molar-refractivity contribution in [3.8, 4) is 0 Å². The molecule has 16 heavy (non-hydrogen) atoms. The molecule has 5 nitrogen and oxygen atoms in total. The molecule has 2 N–H and O–H groups in total. The summed E-state index contributed by atoms with van der Waals surface area (Å²) in [5.74, 6) is -3.88. The number of ether oxygens (including phenoxy) is 1. The van der Waals surface area contributed by atoms with Crippen LogP contribution in [0.5, 0.6) is 0 Å². The minimum atomic E-state index is -4.62. The van der Waals surface area contributed by atoms with Crippen LogP contribution in [0, 0.1) is 5.92 Å². The smallest absolute Gasteiger partial charge is 0.394 e. The molecule has 0 aromatic heterocycles. The first-order chi connectivity index (χ1) is 7.36. The fraction of sp³-hybridized carbons (Fsp3) is 0.750. The van der Waals surface area contributed by atoms with E-state index in [1.54, 1.807) is 0 Å². The van der Waals surface area contributed by atoms with Gasteiger partial charge in [-0.2, -0.15) is 13.2 Å². The third-order valence-electron chi connectivity index (χ3n) is 2.14. The van der Waals surface area contributed by atoms with Gasteiger partial charge in [-0.05, 0) is 6.92 Å². The quantitative estimate of drug-likeness (QED) is 0.673. The summed E-state index contributed by atoms with van der Waals surface area (Å²) >= 11 is 0. The van der Waals surface area contributed by atoms with Gasteiger partial charge in [-0.1, -0.05) is 0 Å². The Balaban J connectivity index is 2.80. The number of carbonyl (C=O) groups is 2. The molecule has 8 heteroatoms. The standard InChI is InChI=1S/C8H11F3N2O3/c1-2-16-7(15)6-4(8(9,10)11)3-5(14)12-13-6/h4,6,13H,2-3H2,1H3,(H,12,14). The largest absolute Gasteiger partial charge is 0.465 e. The number of nitrogens with one attached hydrogen (secondary N) is 2. The normalized spacial score (nSPS) is 26.1. The lowest BCUT2D eigenvalue weighted by atomic mass is 9.94. The molecule has 1 aliphatic heterocycles. The monoisotopic (exact) mass is 240 g/mol. The van der Waals surface area contributed by atoms with Crippen LogP contribution in [0.15, 0.2) is 0 Å². The highest BCUT2D eigenvalue weighted by molar-refractivity contribution is 5.82. The fourth-order valence-electron chi connectivity index (χ4n) is 1.39. The van der Waals surface area contributed by atoms with Crippen LogP contribution in [-0.2, 0) is 14.3 Å². The van der Waals surface area contributed by atoms with E-state index in [2.05, 4.69) is 4.74 Å². The number of hydrogen-bond acceptors (Lipinski definition) is 4. The Kier molecular flexibility index (Phi) is 3.74. The second kappa shape index (κ2) is 4.69. The van der Waals surface area contributed by atoms with Gasteiger partial charge >= 0.3 is 12.1 Å².